The van der Waals surface area contributed by atoms with Crippen molar-refractivity contribution in [2.45, 2.75) is 25.8 Å². The fourth-order valence-electron chi connectivity index (χ4n) is 0.953. The summed E-state index contributed by atoms with van der Waals surface area (Å²) in [7, 11) is 0. The molecule has 0 saturated heterocycles. The molecule has 1 aromatic rings. The molecule has 0 saturated carbocycles. The van der Waals surface area contributed by atoms with Gasteiger partial charge in [0.1, 0.15) is 11.5 Å². The number of furan rings is 1. The number of rotatable bonds is 3. The number of hydrogen-bond donors (Lipinski definition) is 2. The molecule has 0 aromatic carbocycles. The Kier molecular flexibility index (Phi) is 2.55. The van der Waals surface area contributed by atoms with Crippen LogP contribution in [0.1, 0.15) is 25.4 Å². The van der Waals surface area contributed by atoms with Crippen molar-refractivity contribution in [1.29, 1.82) is 0 Å². The van der Waals surface area contributed by atoms with Crippen molar-refractivity contribution in [1.82, 2.24) is 0 Å². The van der Waals surface area contributed by atoms with Crippen LogP contribution in [-0.4, -0.2) is 11.7 Å². The van der Waals surface area contributed by atoms with E-state index in [2.05, 4.69) is 0 Å². The maximum Gasteiger partial charge on any atom is 0.126 e. The lowest BCUT2D eigenvalue weighted by molar-refractivity contribution is 0.186. The lowest BCUT2D eigenvalue weighted by atomic mass is 10.0. The van der Waals surface area contributed by atoms with Crippen LogP contribution in [0.3, 0.4) is 0 Å². The van der Waals surface area contributed by atoms with Gasteiger partial charge in [-0.2, -0.15) is 0 Å². The van der Waals surface area contributed by atoms with Gasteiger partial charge < -0.3 is 15.3 Å². The quantitative estimate of drug-likeness (QED) is 0.709. The zero-order chi connectivity index (χ0) is 9.19. The van der Waals surface area contributed by atoms with Crippen molar-refractivity contribution in [3.05, 3.63) is 23.7 Å². The first-order valence-corrected chi connectivity index (χ1v) is 4.09. The maximum absolute atomic E-state index is 8.94. The maximum atomic E-state index is 8.94. The molecule has 3 nitrogen and oxygen atoms in total. The summed E-state index contributed by atoms with van der Waals surface area (Å²) in [5, 5.41) is 8.94. The molecular weight excluding hydrogens is 154 g/mol. The molecule has 3 heteroatoms. The van der Waals surface area contributed by atoms with Gasteiger partial charge >= 0.3 is 0 Å². The Morgan fingerprint density at radius 2 is 2.25 bits per heavy atom. The highest BCUT2D eigenvalue weighted by atomic mass is 16.3. The topological polar surface area (TPSA) is 59.4 Å². The Balaban J connectivity index is 2.88. The summed E-state index contributed by atoms with van der Waals surface area (Å²) in [6.45, 7) is 3.64. The number of hydrogen-bond acceptors (Lipinski definition) is 3. The summed E-state index contributed by atoms with van der Waals surface area (Å²) >= 11 is 0. The molecule has 0 aliphatic heterocycles. The van der Waals surface area contributed by atoms with Crippen LogP contribution in [0.4, 0.5) is 0 Å². The fraction of sp³-hybridized carbons (Fsp3) is 0.556. The molecule has 3 N–H and O–H groups in total. The third-order valence-corrected chi connectivity index (χ3v) is 1.90. The number of aliphatic hydroxyl groups excluding tert-OH is 1. The second kappa shape index (κ2) is 3.29. The van der Waals surface area contributed by atoms with Gasteiger partial charge in [-0.25, -0.2) is 0 Å². The molecule has 12 heavy (non-hydrogen) atoms. The highest BCUT2D eigenvalue weighted by Gasteiger charge is 2.23. The average molecular weight is 169 g/mol. The molecule has 0 spiro atoms. The molecule has 0 radical (unpaired) electrons. The van der Waals surface area contributed by atoms with E-state index in [1.54, 1.807) is 6.92 Å². The molecule has 0 amide bonds. The number of aliphatic hydroxyl groups is 1. The summed E-state index contributed by atoms with van der Waals surface area (Å²) in [5.41, 5.74) is 5.01. The predicted octanol–water partition coefficient (Wildman–Crippen LogP) is 1.01. The molecule has 1 rings (SSSR count). The Labute approximate surface area is 72.2 Å². The summed E-state index contributed by atoms with van der Waals surface area (Å²) in [6, 6.07) is 3.70. The molecule has 0 aliphatic rings. The van der Waals surface area contributed by atoms with Crippen molar-refractivity contribution < 1.29 is 9.52 Å². The van der Waals surface area contributed by atoms with E-state index in [9.17, 15) is 0 Å². The normalized spacial score (nSPS) is 16.0. The van der Waals surface area contributed by atoms with Gasteiger partial charge in [-0.1, -0.05) is 6.92 Å². The fourth-order valence-corrected chi connectivity index (χ4v) is 0.953. The van der Waals surface area contributed by atoms with Crippen LogP contribution < -0.4 is 5.73 Å². The molecule has 0 fully saturated rings. The third kappa shape index (κ3) is 1.68. The summed E-state index contributed by atoms with van der Waals surface area (Å²) in [6.07, 6.45) is 0.849. The van der Waals surface area contributed by atoms with Crippen molar-refractivity contribution in [3.63, 3.8) is 0 Å². The molecule has 68 valence electrons. The Morgan fingerprint density at radius 3 is 2.67 bits per heavy atom. The van der Waals surface area contributed by atoms with Crippen molar-refractivity contribution in [3.8, 4) is 0 Å². The minimum absolute atomic E-state index is 0.107. The summed E-state index contributed by atoms with van der Waals surface area (Å²) < 4.78 is 5.40. The molecule has 0 aliphatic carbocycles. The van der Waals surface area contributed by atoms with E-state index >= 15 is 0 Å². The summed E-state index contributed by atoms with van der Waals surface area (Å²) in [4.78, 5) is 0. The first-order chi connectivity index (χ1) is 5.60. The van der Waals surface area contributed by atoms with Crippen LogP contribution >= 0.6 is 0 Å². The number of aryl methyl sites for hydroxylation is 1. The Hall–Kier alpha value is -0.800. The lowest BCUT2D eigenvalue weighted by Gasteiger charge is -2.18. The van der Waals surface area contributed by atoms with Crippen LogP contribution in [0, 0.1) is 0 Å². The van der Waals surface area contributed by atoms with Crippen LogP contribution in [0.15, 0.2) is 16.5 Å². The zero-order valence-corrected chi connectivity index (χ0v) is 7.50. The third-order valence-electron chi connectivity index (χ3n) is 1.90. The van der Waals surface area contributed by atoms with Crippen LogP contribution in [0.5, 0.6) is 0 Å². The zero-order valence-electron chi connectivity index (χ0n) is 7.50. The van der Waals surface area contributed by atoms with Crippen molar-refractivity contribution in [2.75, 3.05) is 6.61 Å². The standard InChI is InChI=1S/C9H15NO2/c1-3-7-4-5-8(12-7)9(2,10)6-11/h4-5,11H,3,6,10H2,1-2H3/t9-/m0/s1. The molecule has 0 unspecified atom stereocenters. The van der Waals surface area contributed by atoms with Crippen molar-refractivity contribution in [2.24, 2.45) is 5.73 Å². The van der Waals surface area contributed by atoms with Gasteiger partial charge in [0.15, 0.2) is 0 Å². The first-order valence-electron chi connectivity index (χ1n) is 4.09. The second-order valence-electron chi connectivity index (χ2n) is 3.20. The molecule has 1 atom stereocenters. The minimum Gasteiger partial charge on any atom is -0.464 e. The monoisotopic (exact) mass is 169 g/mol. The highest BCUT2D eigenvalue weighted by molar-refractivity contribution is 5.14. The average Bonchev–Trinajstić information content (AvgIpc) is 2.52. The number of nitrogens with two attached hydrogens (primary N) is 1. The Bertz CT molecular complexity index is 253. The van der Waals surface area contributed by atoms with E-state index in [1.807, 2.05) is 19.1 Å². The van der Waals surface area contributed by atoms with E-state index in [-0.39, 0.29) is 6.61 Å². The van der Waals surface area contributed by atoms with E-state index in [0.717, 1.165) is 12.2 Å². The van der Waals surface area contributed by atoms with Gasteiger partial charge in [0, 0.05) is 6.42 Å². The minimum atomic E-state index is -0.757. The van der Waals surface area contributed by atoms with Crippen LogP contribution in [0.2, 0.25) is 0 Å². The summed E-state index contributed by atoms with van der Waals surface area (Å²) in [5.74, 6) is 1.54. The second-order valence-corrected chi connectivity index (χ2v) is 3.20. The first kappa shape index (κ1) is 9.29. The van der Waals surface area contributed by atoms with Gasteiger partial charge in [-0.15, -0.1) is 0 Å². The van der Waals surface area contributed by atoms with E-state index in [1.165, 1.54) is 0 Å². The van der Waals surface area contributed by atoms with Gasteiger partial charge in [0.05, 0.1) is 12.1 Å². The van der Waals surface area contributed by atoms with Crippen LogP contribution in [-0.2, 0) is 12.0 Å². The van der Waals surface area contributed by atoms with Crippen LogP contribution in [0.25, 0.3) is 0 Å². The molecule has 0 bridgehead atoms. The predicted molar refractivity (Wildman–Crippen MR) is 46.7 cm³/mol. The largest absolute Gasteiger partial charge is 0.464 e. The van der Waals surface area contributed by atoms with E-state index in [4.69, 9.17) is 15.3 Å². The van der Waals surface area contributed by atoms with Gasteiger partial charge in [0.25, 0.3) is 0 Å². The Morgan fingerprint density at radius 1 is 1.58 bits per heavy atom. The van der Waals surface area contributed by atoms with Gasteiger partial charge in [-0.05, 0) is 19.1 Å². The van der Waals surface area contributed by atoms with Gasteiger partial charge in [-0.3, -0.25) is 0 Å². The molecule has 1 heterocycles. The van der Waals surface area contributed by atoms with E-state index < -0.39 is 5.54 Å². The molecular formula is C9H15NO2. The highest BCUT2D eigenvalue weighted by Crippen LogP contribution is 2.19. The van der Waals surface area contributed by atoms with Crippen molar-refractivity contribution >= 4 is 0 Å². The smallest absolute Gasteiger partial charge is 0.126 e. The van der Waals surface area contributed by atoms with Gasteiger partial charge in [0.2, 0.25) is 0 Å². The molecule has 1 aromatic heterocycles. The lowest BCUT2D eigenvalue weighted by Crippen LogP contribution is -2.36. The SMILES string of the molecule is CCc1ccc([C@@](C)(N)CO)o1. The van der Waals surface area contributed by atoms with E-state index in [0.29, 0.717) is 5.76 Å².